The number of alkyl halides is 3. The number of pyridine rings is 1. The summed E-state index contributed by atoms with van der Waals surface area (Å²) in [5.41, 5.74) is -0.105. The Balaban J connectivity index is 1.93. The molecule has 3 rings (SSSR count). The Morgan fingerprint density at radius 3 is 2.46 bits per heavy atom. The highest BCUT2D eigenvalue weighted by Crippen LogP contribution is 2.30. The van der Waals surface area contributed by atoms with E-state index in [1.54, 1.807) is 0 Å². The normalized spacial score (nSPS) is 11.7. The van der Waals surface area contributed by atoms with Crippen LogP contribution in [0.15, 0.2) is 36.4 Å². The number of halogens is 3. The summed E-state index contributed by atoms with van der Waals surface area (Å²) < 4.78 is 39.0. The topological polar surface area (TPSA) is 46.1 Å². The summed E-state index contributed by atoms with van der Waals surface area (Å²) in [7, 11) is 1.54. The van der Waals surface area contributed by atoms with Crippen molar-refractivity contribution >= 4 is 32.6 Å². The second-order valence-corrected chi connectivity index (χ2v) is 6.16. The number of thiazole rings is 1. The Kier molecular flexibility index (Phi) is 4.00. The molecule has 0 unspecified atom stereocenters. The second-order valence-electron chi connectivity index (χ2n) is 5.16. The van der Waals surface area contributed by atoms with Crippen molar-refractivity contribution in [3.05, 3.63) is 53.3 Å². The number of rotatable bonds is 2. The van der Waals surface area contributed by atoms with Gasteiger partial charge < -0.3 is 0 Å². The zero-order valence-electron chi connectivity index (χ0n) is 12.8. The number of nitrogens with zero attached hydrogens (tertiary/aromatic N) is 3. The van der Waals surface area contributed by atoms with E-state index >= 15 is 0 Å². The minimum atomic E-state index is -4.54. The largest absolute Gasteiger partial charge is 0.433 e. The highest BCUT2D eigenvalue weighted by Gasteiger charge is 2.33. The quantitative estimate of drug-likeness (QED) is 0.692. The molecule has 0 spiro atoms. The monoisotopic (exact) mass is 351 g/mol. The Morgan fingerprint density at radius 2 is 1.83 bits per heavy atom. The van der Waals surface area contributed by atoms with E-state index < -0.39 is 17.8 Å². The first kappa shape index (κ1) is 16.4. The summed E-state index contributed by atoms with van der Waals surface area (Å²) in [6.07, 6.45) is -4.54. The fourth-order valence-electron chi connectivity index (χ4n) is 2.22. The van der Waals surface area contributed by atoms with Gasteiger partial charge in [0.2, 0.25) is 0 Å². The number of hydrogen-bond donors (Lipinski definition) is 0. The number of carbonyl (C=O) groups excluding carboxylic acids is 1. The number of aryl methyl sites for hydroxylation is 1. The molecule has 124 valence electrons. The van der Waals surface area contributed by atoms with E-state index in [2.05, 4.69) is 9.97 Å². The van der Waals surface area contributed by atoms with Gasteiger partial charge in [-0.05, 0) is 31.2 Å². The average molecular weight is 351 g/mol. The summed E-state index contributed by atoms with van der Waals surface area (Å²) in [4.78, 5) is 21.8. The predicted octanol–water partition coefficient (Wildman–Crippen LogP) is 4.30. The first-order chi connectivity index (χ1) is 11.3. The highest BCUT2D eigenvalue weighted by molar-refractivity contribution is 7.22. The molecule has 0 radical (unpaired) electrons. The van der Waals surface area contributed by atoms with E-state index in [1.807, 2.05) is 24.3 Å². The molecule has 0 atom stereocenters. The van der Waals surface area contributed by atoms with Crippen LogP contribution in [0.3, 0.4) is 0 Å². The molecule has 0 saturated heterocycles. The molecular formula is C16H12F3N3OS. The number of anilines is 1. The van der Waals surface area contributed by atoms with Crippen LogP contribution < -0.4 is 4.90 Å². The lowest BCUT2D eigenvalue weighted by Crippen LogP contribution is -2.27. The molecule has 0 aliphatic carbocycles. The summed E-state index contributed by atoms with van der Waals surface area (Å²) in [5.74, 6) is -0.451. The minimum absolute atomic E-state index is 0.0304. The van der Waals surface area contributed by atoms with Gasteiger partial charge in [0.05, 0.1) is 21.5 Å². The molecule has 0 N–H and O–H groups in total. The fraction of sp³-hybridized carbons (Fsp3) is 0.188. The number of aromatic nitrogens is 2. The third-order valence-corrected chi connectivity index (χ3v) is 4.59. The first-order valence-electron chi connectivity index (χ1n) is 6.96. The minimum Gasteiger partial charge on any atom is -0.287 e. The number of fused-ring (bicyclic) bond motifs is 1. The van der Waals surface area contributed by atoms with Crippen LogP contribution in [0.1, 0.15) is 21.7 Å². The van der Waals surface area contributed by atoms with Crippen LogP contribution in [-0.2, 0) is 6.18 Å². The molecular weight excluding hydrogens is 339 g/mol. The molecule has 4 nitrogen and oxygen atoms in total. The van der Waals surface area contributed by atoms with E-state index in [1.165, 1.54) is 30.2 Å². The molecule has 0 bridgehead atoms. The molecule has 2 aromatic heterocycles. The van der Waals surface area contributed by atoms with Crippen LogP contribution in [0, 0.1) is 6.92 Å². The van der Waals surface area contributed by atoms with Crippen molar-refractivity contribution < 1.29 is 18.0 Å². The summed E-state index contributed by atoms with van der Waals surface area (Å²) in [5, 5.41) is 0.473. The van der Waals surface area contributed by atoms with Crippen molar-refractivity contribution in [3.8, 4) is 0 Å². The van der Waals surface area contributed by atoms with Crippen LogP contribution >= 0.6 is 11.3 Å². The van der Waals surface area contributed by atoms with Gasteiger partial charge in [-0.2, -0.15) is 13.2 Å². The molecule has 2 heterocycles. The van der Waals surface area contributed by atoms with Gasteiger partial charge in [0.25, 0.3) is 5.91 Å². The van der Waals surface area contributed by atoms with E-state index in [0.29, 0.717) is 5.13 Å². The zero-order valence-corrected chi connectivity index (χ0v) is 13.6. The standard InChI is InChI=1S/C16H12F3N3OS/c1-9-10(7-8-13(20-9)16(17,18)19)14(23)22(2)15-21-11-5-3-4-6-12(11)24-15/h3-8H,1-2H3. The van der Waals surface area contributed by atoms with Crippen molar-refractivity contribution in [2.75, 3.05) is 11.9 Å². The number of benzene rings is 1. The maximum Gasteiger partial charge on any atom is 0.433 e. The van der Waals surface area contributed by atoms with Gasteiger partial charge >= 0.3 is 6.18 Å². The van der Waals surface area contributed by atoms with Gasteiger partial charge in [-0.25, -0.2) is 9.97 Å². The molecule has 0 saturated carbocycles. The van der Waals surface area contributed by atoms with Gasteiger partial charge in [-0.1, -0.05) is 23.5 Å². The van der Waals surface area contributed by atoms with Crippen molar-refractivity contribution in [3.63, 3.8) is 0 Å². The lowest BCUT2D eigenvalue weighted by atomic mass is 10.1. The van der Waals surface area contributed by atoms with Crippen LogP contribution in [-0.4, -0.2) is 22.9 Å². The molecule has 0 aliphatic rings. The van der Waals surface area contributed by atoms with E-state index in [4.69, 9.17) is 0 Å². The van der Waals surface area contributed by atoms with E-state index in [0.717, 1.165) is 22.3 Å². The molecule has 0 fully saturated rings. The van der Waals surface area contributed by atoms with Gasteiger partial charge in [0.1, 0.15) is 5.69 Å². The van der Waals surface area contributed by atoms with Crippen molar-refractivity contribution in [2.24, 2.45) is 0 Å². The van der Waals surface area contributed by atoms with Gasteiger partial charge in [0, 0.05) is 7.05 Å². The Bertz CT molecular complexity index is 887. The van der Waals surface area contributed by atoms with Crippen LogP contribution in [0.2, 0.25) is 0 Å². The van der Waals surface area contributed by atoms with Gasteiger partial charge in [0.15, 0.2) is 5.13 Å². The predicted molar refractivity (Wildman–Crippen MR) is 86.3 cm³/mol. The Labute approximate surface area is 139 Å². The summed E-state index contributed by atoms with van der Waals surface area (Å²) >= 11 is 1.34. The van der Waals surface area contributed by atoms with Crippen LogP contribution in [0.5, 0.6) is 0 Å². The highest BCUT2D eigenvalue weighted by atomic mass is 32.1. The number of amides is 1. The second kappa shape index (κ2) is 5.86. The van der Waals surface area contributed by atoms with Gasteiger partial charge in [-0.3, -0.25) is 9.69 Å². The lowest BCUT2D eigenvalue weighted by molar-refractivity contribution is -0.141. The van der Waals surface area contributed by atoms with Crippen LogP contribution in [0.25, 0.3) is 10.2 Å². The first-order valence-corrected chi connectivity index (χ1v) is 7.77. The lowest BCUT2D eigenvalue weighted by Gasteiger charge is -2.15. The number of hydrogen-bond acceptors (Lipinski definition) is 4. The molecule has 0 aliphatic heterocycles. The molecule has 3 aromatic rings. The fourth-order valence-corrected chi connectivity index (χ4v) is 3.14. The van der Waals surface area contributed by atoms with E-state index in [9.17, 15) is 18.0 Å². The molecule has 1 amide bonds. The van der Waals surface area contributed by atoms with Crippen molar-refractivity contribution in [1.82, 2.24) is 9.97 Å². The molecule has 8 heteroatoms. The maximum atomic E-state index is 12.7. The van der Waals surface area contributed by atoms with Crippen molar-refractivity contribution in [1.29, 1.82) is 0 Å². The summed E-state index contributed by atoms with van der Waals surface area (Å²) in [6.45, 7) is 1.38. The maximum absolute atomic E-state index is 12.7. The smallest absolute Gasteiger partial charge is 0.287 e. The van der Waals surface area contributed by atoms with E-state index in [-0.39, 0.29) is 11.3 Å². The number of para-hydroxylation sites is 1. The molecule has 24 heavy (non-hydrogen) atoms. The third-order valence-electron chi connectivity index (χ3n) is 3.48. The summed E-state index contributed by atoms with van der Waals surface area (Å²) in [6, 6.07) is 9.40. The Morgan fingerprint density at radius 1 is 1.12 bits per heavy atom. The zero-order chi connectivity index (χ0) is 17.5. The SMILES string of the molecule is Cc1nc(C(F)(F)F)ccc1C(=O)N(C)c1nc2ccccc2s1. The number of carbonyl (C=O) groups is 1. The average Bonchev–Trinajstić information content (AvgIpc) is 2.96. The van der Waals surface area contributed by atoms with Crippen LogP contribution in [0.4, 0.5) is 18.3 Å². The van der Waals surface area contributed by atoms with Gasteiger partial charge in [-0.15, -0.1) is 0 Å². The van der Waals surface area contributed by atoms with Crippen molar-refractivity contribution in [2.45, 2.75) is 13.1 Å². The third kappa shape index (κ3) is 2.96. The molecule has 1 aromatic carbocycles. The Hall–Kier alpha value is -2.48.